The Morgan fingerprint density at radius 3 is 2.46 bits per heavy atom. The molecule has 2 aromatic carbocycles. The summed E-state index contributed by atoms with van der Waals surface area (Å²) in [6, 6.07) is 19.5. The minimum Gasteiger partial charge on any atom is -0.319 e. The number of hydrogen-bond acceptors (Lipinski definition) is 4. The Bertz CT molecular complexity index is 1210. The number of carbonyl (C=O) groups excluding carboxylic acids is 2. The number of aromatic nitrogens is 2. The quantitative estimate of drug-likeness (QED) is 0.607. The van der Waals surface area contributed by atoms with Crippen molar-refractivity contribution in [3.8, 4) is 0 Å². The number of likely N-dealkylation sites (N-methyl/N-ethyl adjacent to an activating group) is 1. The maximum absolute atomic E-state index is 14.0. The van der Waals surface area contributed by atoms with E-state index in [1.54, 1.807) is 12.1 Å². The van der Waals surface area contributed by atoms with Gasteiger partial charge in [0.25, 0.3) is 5.91 Å². The number of fused-ring (bicyclic) bond motifs is 1. The van der Waals surface area contributed by atoms with Gasteiger partial charge in [0, 0.05) is 30.8 Å². The molecule has 35 heavy (non-hydrogen) atoms. The van der Waals surface area contributed by atoms with E-state index >= 15 is 0 Å². The fourth-order valence-electron chi connectivity index (χ4n) is 5.17. The lowest BCUT2D eigenvalue weighted by Crippen LogP contribution is -2.59. The predicted octanol–water partition coefficient (Wildman–Crippen LogP) is 3.69. The highest BCUT2D eigenvalue weighted by molar-refractivity contribution is 6.04. The van der Waals surface area contributed by atoms with Gasteiger partial charge in [-0.2, -0.15) is 5.10 Å². The lowest BCUT2D eigenvalue weighted by atomic mass is 10.00. The molecule has 0 saturated carbocycles. The topological polar surface area (TPSA) is 84.6 Å². The third kappa shape index (κ3) is 4.41. The lowest BCUT2D eigenvalue weighted by molar-refractivity contribution is 0.0611. The zero-order valence-electron chi connectivity index (χ0n) is 20.5. The number of H-pyrrole nitrogens is 1. The van der Waals surface area contributed by atoms with E-state index in [0.717, 1.165) is 30.8 Å². The van der Waals surface area contributed by atoms with Crippen molar-refractivity contribution in [2.75, 3.05) is 32.0 Å². The smallest absolute Gasteiger partial charge is 0.319 e. The molecule has 1 aromatic heterocycles. The summed E-state index contributed by atoms with van der Waals surface area (Å²) in [7, 11) is 2.11. The van der Waals surface area contributed by atoms with Gasteiger partial charge in [0.1, 0.15) is 0 Å². The second-order valence-electron chi connectivity index (χ2n) is 9.97. The highest BCUT2D eigenvalue weighted by atomic mass is 16.2. The van der Waals surface area contributed by atoms with Crippen LogP contribution < -0.4 is 5.32 Å². The minimum absolute atomic E-state index is 0.0222. The monoisotopic (exact) mass is 472 g/mol. The van der Waals surface area contributed by atoms with E-state index in [9.17, 15) is 9.59 Å². The number of nitrogens with zero attached hydrogens (tertiary/aromatic N) is 4. The predicted molar refractivity (Wildman–Crippen MR) is 135 cm³/mol. The van der Waals surface area contributed by atoms with Crippen molar-refractivity contribution < 1.29 is 9.59 Å². The highest BCUT2D eigenvalue weighted by Crippen LogP contribution is 2.41. The van der Waals surface area contributed by atoms with Crippen LogP contribution in [-0.2, 0) is 18.5 Å². The standard InChI is InChI=1S/C27H32N6O2/c1-27(2)23-22(24(30-29-23)28-25(34)20-12-8-5-9-13-20)18-33(27)26(35)32-15-14-31(3)17-21(32)16-19-10-6-4-7-11-19/h4-13,21H,14-18H2,1-3H3,(H2,28,29,30,34)/t21-/m0/s1. The maximum atomic E-state index is 14.0. The van der Waals surface area contributed by atoms with Gasteiger partial charge in [-0.3, -0.25) is 9.89 Å². The number of nitrogens with one attached hydrogen (secondary N) is 2. The van der Waals surface area contributed by atoms with Crippen LogP contribution in [0.3, 0.4) is 0 Å². The Hall–Kier alpha value is -3.65. The van der Waals surface area contributed by atoms with Crippen molar-refractivity contribution in [2.24, 2.45) is 0 Å². The van der Waals surface area contributed by atoms with E-state index in [1.807, 2.05) is 60.0 Å². The van der Waals surface area contributed by atoms with E-state index in [2.05, 4.69) is 39.6 Å². The summed E-state index contributed by atoms with van der Waals surface area (Å²) < 4.78 is 0. The van der Waals surface area contributed by atoms with Crippen LogP contribution in [0.1, 0.15) is 41.0 Å². The summed E-state index contributed by atoms with van der Waals surface area (Å²) in [5.74, 6) is 0.265. The van der Waals surface area contributed by atoms with Gasteiger partial charge in [-0.05, 0) is 45.0 Å². The maximum Gasteiger partial charge on any atom is 0.321 e. The summed E-state index contributed by atoms with van der Waals surface area (Å²) in [5, 5.41) is 10.4. The summed E-state index contributed by atoms with van der Waals surface area (Å²) in [6.45, 7) is 6.81. The molecule has 1 fully saturated rings. The van der Waals surface area contributed by atoms with Gasteiger partial charge in [0.05, 0.1) is 23.8 Å². The normalized spacial score (nSPS) is 19.5. The fraction of sp³-hybridized carbons (Fsp3) is 0.370. The van der Waals surface area contributed by atoms with Crippen LogP contribution in [-0.4, -0.2) is 69.6 Å². The van der Waals surface area contributed by atoms with Crippen LogP contribution in [0.25, 0.3) is 0 Å². The minimum atomic E-state index is -0.574. The molecule has 0 bridgehead atoms. The molecule has 2 N–H and O–H groups in total. The lowest BCUT2D eigenvalue weighted by Gasteiger charge is -2.44. The molecule has 0 spiro atoms. The Balaban J connectivity index is 1.36. The molecule has 3 heterocycles. The van der Waals surface area contributed by atoms with Crippen LogP contribution in [0.4, 0.5) is 10.6 Å². The molecule has 0 aliphatic carbocycles. The molecule has 8 nitrogen and oxygen atoms in total. The summed E-state index contributed by atoms with van der Waals surface area (Å²) in [4.78, 5) is 32.9. The molecule has 1 saturated heterocycles. The van der Waals surface area contributed by atoms with Gasteiger partial charge in [0.15, 0.2) is 5.82 Å². The van der Waals surface area contributed by atoms with Crippen LogP contribution in [0.2, 0.25) is 0 Å². The Labute approximate surface area is 205 Å². The largest absolute Gasteiger partial charge is 0.321 e. The van der Waals surface area contributed by atoms with Gasteiger partial charge < -0.3 is 20.0 Å². The van der Waals surface area contributed by atoms with Crippen LogP contribution >= 0.6 is 0 Å². The Morgan fingerprint density at radius 1 is 1.06 bits per heavy atom. The molecule has 3 amide bonds. The van der Waals surface area contributed by atoms with Crippen molar-refractivity contribution in [3.63, 3.8) is 0 Å². The van der Waals surface area contributed by atoms with Crippen molar-refractivity contribution in [2.45, 2.75) is 38.4 Å². The zero-order chi connectivity index (χ0) is 24.6. The van der Waals surface area contributed by atoms with E-state index < -0.39 is 5.54 Å². The first-order chi connectivity index (χ1) is 16.8. The SMILES string of the molecule is CN1CCN(C(=O)N2Cc3c(NC(=O)c4ccccc4)n[nH]c3C2(C)C)[C@@H](Cc2ccccc2)C1. The first-order valence-electron chi connectivity index (χ1n) is 12.1. The molecule has 1 atom stereocenters. The first kappa shape index (κ1) is 23.1. The molecule has 8 heteroatoms. The van der Waals surface area contributed by atoms with Crippen molar-refractivity contribution >= 4 is 17.8 Å². The molecule has 0 unspecified atom stereocenters. The van der Waals surface area contributed by atoms with Crippen LogP contribution in [0.5, 0.6) is 0 Å². The van der Waals surface area contributed by atoms with Gasteiger partial charge in [-0.25, -0.2) is 4.79 Å². The highest BCUT2D eigenvalue weighted by Gasteiger charge is 2.46. The second-order valence-corrected chi connectivity index (χ2v) is 9.97. The third-order valence-electron chi connectivity index (χ3n) is 7.21. The van der Waals surface area contributed by atoms with E-state index in [4.69, 9.17) is 0 Å². The number of amides is 3. The Kier molecular flexibility index (Phi) is 6.06. The number of benzene rings is 2. The number of piperazine rings is 1. The number of anilines is 1. The van der Waals surface area contributed by atoms with Gasteiger partial charge in [0.2, 0.25) is 0 Å². The molecule has 2 aliphatic rings. The molecular weight excluding hydrogens is 440 g/mol. The first-order valence-corrected chi connectivity index (χ1v) is 12.1. The van der Waals surface area contributed by atoms with Gasteiger partial charge in [-0.1, -0.05) is 48.5 Å². The van der Waals surface area contributed by atoms with E-state index in [-0.39, 0.29) is 18.0 Å². The van der Waals surface area contributed by atoms with E-state index in [0.29, 0.717) is 24.5 Å². The van der Waals surface area contributed by atoms with Crippen molar-refractivity contribution in [1.82, 2.24) is 24.9 Å². The van der Waals surface area contributed by atoms with Crippen LogP contribution in [0, 0.1) is 0 Å². The number of rotatable bonds is 4. The number of urea groups is 1. The Morgan fingerprint density at radius 2 is 1.74 bits per heavy atom. The van der Waals surface area contributed by atoms with Crippen LogP contribution in [0.15, 0.2) is 60.7 Å². The molecule has 5 rings (SSSR count). The molecule has 182 valence electrons. The van der Waals surface area contributed by atoms with Gasteiger partial charge in [-0.15, -0.1) is 0 Å². The van der Waals surface area contributed by atoms with Gasteiger partial charge >= 0.3 is 6.03 Å². The van der Waals surface area contributed by atoms with Crippen molar-refractivity contribution in [1.29, 1.82) is 0 Å². The number of hydrogen-bond donors (Lipinski definition) is 2. The summed E-state index contributed by atoms with van der Waals surface area (Å²) >= 11 is 0. The summed E-state index contributed by atoms with van der Waals surface area (Å²) in [5.41, 5.74) is 2.95. The fourth-order valence-corrected chi connectivity index (χ4v) is 5.17. The molecule has 0 radical (unpaired) electrons. The molecular formula is C27H32N6O2. The summed E-state index contributed by atoms with van der Waals surface area (Å²) in [6.07, 6.45) is 0.816. The number of aromatic amines is 1. The third-order valence-corrected chi connectivity index (χ3v) is 7.21. The number of carbonyl (C=O) groups is 2. The second kappa shape index (κ2) is 9.19. The molecule has 2 aliphatic heterocycles. The van der Waals surface area contributed by atoms with E-state index in [1.165, 1.54) is 5.56 Å². The average Bonchev–Trinajstić information content (AvgIpc) is 3.37. The van der Waals surface area contributed by atoms with Crippen molar-refractivity contribution in [3.05, 3.63) is 83.0 Å². The molecule has 3 aromatic rings. The zero-order valence-corrected chi connectivity index (χ0v) is 20.5. The average molecular weight is 473 g/mol.